The van der Waals surface area contributed by atoms with Gasteiger partial charge in [-0.2, -0.15) is 31.0 Å². The maximum absolute atomic E-state index is 11.7. The van der Waals surface area contributed by atoms with Crippen LogP contribution < -0.4 is 15.2 Å². The van der Waals surface area contributed by atoms with E-state index < -0.39 is 28.5 Å². The summed E-state index contributed by atoms with van der Waals surface area (Å²) in [7, 11) is -4.18. The van der Waals surface area contributed by atoms with Gasteiger partial charge in [0.05, 0.1) is 0 Å². The van der Waals surface area contributed by atoms with Gasteiger partial charge in [-0.3, -0.25) is 0 Å². The Bertz CT molecular complexity index is 299. The van der Waals surface area contributed by atoms with Crippen LogP contribution in [0.4, 0.5) is 13.2 Å². The van der Waals surface area contributed by atoms with E-state index in [-0.39, 0.29) is 6.54 Å². The number of halogens is 3. The van der Waals surface area contributed by atoms with E-state index in [0.29, 0.717) is 0 Å². The zero-order valence-corrected chi connectivity index (χ0v) is 9.17. The lowest BCUT2D eigenvalue weighted by Crippen LogP contribution is -2.53. The molecule has 0 bridgehead atoms. The van der Waals surface area contributed by atoms with Gasteiger partial charge in [-0.1, -0.05) is 0 Å². The van der Waals surface area contributed by atoms with Crippen molar-refractivity contribution in [2.45, 2.75) is 25.6 Å². The van der Waals surface area contributed by atoms with Crippen molar-refractivity contribution >= 4 is 10.2 Å². The third-order valence-electron chi connectivity index (χ3n) is 1.38. The summed E-state index contributed by atoms with van der Waals surface area (Å²) in [6.07, 6.45) is -4.58. The van der Waals surface area contributed by atoms with Gasteiger partial charge in [-0.15, -0.1) is 0 Å². The second-order valence-electron chi connectivity index (χ2n) is 3.63. The first-order valence-corrected chi connectivity index (χ1v) is 5.51. The molecule has 0 aliphatic carbocycles. The summed E-state index contributed by atoms with van der Waals surface area (Å²) in [6.45, 7) is 1.28. The minimum Gasteiger partial charge on any atom is -0.329 e. The molecule has 0 unspecified atom stereocenters. The van der Waals surface area contributed by atoms with Crippen LogP contribution in [0.2, 0.25) is 0 Å². The van der Waals surface area contributed by atoms with Crippen molar-refractivity contribution in [2.75, 3.05) is 13.1 Å². The molecular weight excluding hydrogens is 235 g/mol. The lowest BCUT2D eigenvalue weighted by atomic mass is 10.1. The largest absolute Gasteiger partial charge is 0.402 e. The molecule has 0 aliphatic heterocycles. The molecule has 0 aliphatic rings. The monoisotopic (exact) mass is 249 g/mol. The van der Waals surface area contributed by atoms with Crippen molar-refractivity contribution in [1.29, 1.82) is 0 Å². The summed E-state index contributed by atoms with van der Waals surface area (Å²) >= 11 is 0. The summed E-state index contributed by atoms with van der Waals surface area (Å²) in [5.41, 5.74) is 4.23. The first kappa shape index (κ1) is 14.6. The molecule has 0 amide bonds. The molecule has 0 fully saturated rings. The van der Waals surface area contributed by atoms with Crippen molar-refractivity contribution in [3.8, 4) is 0 Å². The van der Waals surface area contributed by atoms with Gasteiger partial charge in [0.1, 0.15) is 6.54 Å². The second-order valence-corrected chi connectivity index (χ2v) is 5.13. The molecule has 0 radical (unpaired) electrons. The fraction of sp³-hybridized carbons (Fsp3) is 1.00. The molecule has 4 N–H and O–H groups in total. The van der Waals surface area contributed by atoms with Crippen LogP contribution in [0.25, 0.3) is 0 Å². The van der Waals surface area contributed by atoms with Gasteiger partial charge in [0.25, 0.3) is 10.2 Å². The molecule has 0 atom stereocenters. The fourth-order valence-corrected chi connectivity index (χ4v) is 1.85. The van der Waals surface area contributed by atoms with E-state index in [9.17, 15) is 21.6 Å². The topological polar surface area (TPSA) is 84.2 Å². The van der Waals surface area contributed by atoms with Crippen molar-refractivity contribution in [3.05, 3.63) is 0 Å². The smallest absolute Gasteiger partial charge is 0.329 e. The van der Waals surface area contributed by atoms with Crippen molar-refractivity contribution in [2.24, 2.45) is 5.73 Å². The average molecular weight is 249 g/mol. The molecule has 9 heteroatoms. The van der Waals surface area contributed by atoms with Crippen LogP contribution in [0, 0.1) is 0 Å². The maximum atomic E-state index is 11.7. The Morgan fingerprint density at radius 3 is 2.07 bits per heavy atom. The first-order chi connectivity index (χ1) is 6.47. The highest BCUT2D eigenvalue weighted by Gasteiger charge is 2.31. The van der Waals surface area contributed by atoms with Crippen LogP contribution in [0.15, 0.2) is 0 Å². The standard InChI is InChI=1S/C6H14F3N3O2S/c1-5(2,3-10)12-15(13,14)11-4-6(7,8)9/h11-12H,3-4,10H2,1-2H3. The molecule has 0 saturated carbocycles. The summed E-state index contributed by atoms with van der Waals surface area (Å²) in [4.78, 5) is 0. The number of rotatable bonds is 5. The fourth-order valence-electron chi connectivity index (χ4n) is 0.618. The van der Waals surface area contributed by atoms with Crippen LogP contribution in [0.1, 0.15) is 13.8 Å². The molecule has 0 spiro atoms. The Morgan fingerprint density at radius 2 is 1.73 bits per heavy atom. The zero-order valence-electron chi connectivity index (χ0n) is 8.35. The van der Waals surface area contributed by atoms with Crippen molar-refractivity contribution in [3.63, 3.8) is 0 Å². The summed E-state index contributed by atoms with van der Waals surface area (Å²) < 4.78 is 60.7. The molecule has 5 nitrogen and oxygen atoms in total. The Balaban J connectivity index is 4.34. The van der Waals surface area contributed by atoms with E-state index in [1.807, 2.05) is 4.72 Å². The molecule has 0 aromatic heterocycles. The van der Waals surface area contributed by atoms with E-state index in [1.165, 1.54) is 18.6 Å². The number of alkyl halides is 3. The summed E-state index contributed by atoms with van der Waals surface area (Å²) in [6, 6.07) is 0. The van der Waals surface area contributed by atoms with Crippen LogP contribution in [0.5, 0.6) is 0 Å². The van der Waals surface area contributed by atoms with E-state index >= 15 is 0 Å². The molecule has 15 heavy (non-hydrogen) atoms. The third-order valence-corrected chi connectivity index (χ3v) is 2.73. The maximum Gasteiger partial charge on any atom is 0.402 e. The second kappa shape index (κ2) is 4.64. The highest BCUT2D eigenvalue weighted by Crippen LogP contribution is 2.12. The van der Waals surface area contributed by atoms with Crippen LogP contribution in [-0.4, -0.2) is 33.2 Å². The molecule has 0 aromatic carbocycles. The van der Waals surface area contributed by atoms with Gasteiger partial charge < -0.3 is 5.73 Å². The van der Waals surface area contributed by atoms with Gasteiger partial charge in [-0.25, -0.2) is 0 Å². The minimum atomic E-state index is -4.58. The molecular formula is C6H14F3N3O2S. The normalized spacial score (nSPS) is 14.3. The van der Waals surface area contributed by atoms with E-state index in [4.69, 9.17) is 5.73 Å². The van der Waals surface area contributed by atoms with Crippen LogP contribution in [0.3, 0.4) is 0 Å². The number of hydrogen-bond donors (Lipinski definition) is 3. The Kier molecular flexibility index (Phi) is 4.52. The van der Waals surface area contributed by atoms with E-state index in [1.54, 1.807) is 0 Å². The van der Waals surface area contributed by atoms with Crippen molar-refractivity contribution in [1.82, 2.24) is 9.44 Å². The van der Waals surface area contributed by atoms with E-state index in [2.05, 4.69) is 0 Å². The van der Waals surface area contributed by atoms with Crippen LogP contribution in [-0.2, 0) is 10.2 Å². The first-order valence-electron chi connectivity index (χ1n) is 4.03. The average Bonchev–Trinajstić information content (AvgIpc) is 1.98. The lowest BCUT2D eigenvalue weighted by molar-refractivity contribution is -0.121. The van der Waals surface area contributed by atoms with E-state index in [0.717, 1.165) is 0 Å². The third kappa shape index (κ3) is 7.54. The number of hydrogen-bond acceptors (Lipinski definition) is 3. The minimum absolute atomic E-state index is 0.0278. The van der Waals surface area contributed by atoms with Crippen molar-refractivity contribution < 1.29 is 21.6 Å². The Hall–Kier alpha value is -0.380. The predicted octanol–water partition coefficient (Wildman–Crippen LogP) is -0.290. The Morgan fingerprint density at radius 1 is 1.27 bits per heavy atom. The molecule has 0 saturated heterocycles. The van der Waals surface area contributed by atoms with Gasteiger partial charge in [-0.05, 0) is 13.8 Å². The summed E-state index contributed by atoms with van der Waals surface area (Å²) in [5.74, 6) is 0. The SMILES string of the molecule is CC(C)(CN)NS(=O)(=O)NCC(F)(F)F. The molecule has 0 aromatic rings. The molecule has 0 rings (SSSR count). The lowest BCUT2D eigenvalue weighted by Gasteiger charge is -2.24. The number of nitrogens with one attached hydrogen (secondary N) is 2. The molecule has 0 heterocycles. The highest BCUT2D eigenvalue weighted by atomic mass is 32.2. The van der Waals surface area contributed by atoms with Crippen LogP contribution >= 0.6 is 0 Å². The molecule has 92 valence electrons. The summed E-state index contributed by atoms with van der Waals surface area (Å²) in [5, 5.41) is 0. The van der Waals surface area contributed by atoms with Gasteiger partial charge >= 0.3 is 6.18 Å². The Labute approximate surface area is 86.4 Å². The van der Waals surface area contributed by atoms with Gasteiger partial charge in [0.15, 0.2) is 0 Å². The zero-order chi connectivity index (χ0) is 12.3. The van der Waals surface area contributed by atoms with Gasteiger partial charge in [0, 0.05) is 12.1 Å². The number of nitrogens with two attached hydrogens (primary N) is 1. The quantitative estimate of drug-likeness (QED) is 0.626. The van der Waals surface area contributed by atoms with Gasteiger partial charge in [0.2, 0.25) is 0 Å². The predicted molar refractivity (Wildman–Crippen MR) is 49.2 cm³/mol. The highest BCUT2D eigenvalue weighted by molar-refractivity contribution is 7.87.